The van der Waals surface area contributed by atoms with Crippen molar-refractivity contribution in [1.82, 2.24) is 0 Å². The summed E-state index contributed by atoms with van der Waals surface area (Å²) in [6.45, 7) is 0. The highest BCUT2D eigenvalue weighted by molar-refractivity contribution is 7.89. The molecule has 3 aromatic rings. The lowest BCUT2D eigenvalue weighted by atomic mass is 9.99. The lowest BCUT2D eigenvalue weighted by Crippen LogP contribution is -2.15. The van der Waals surface area contributed by atoms with Crippen molar-refractivity contribution in [2.24, 2.45) is 5.14 Å². The van der Waals surface area contributed by atoms with Gasteiger partial charge < -0.3 is 0 Å². The van der Waals surface area contributed by atoms with Gasteiger partial charge in [0, 0.05) is 11.1 Å². The first-order valence-electron chi connectivity index (χ1n) is 8.53. The average Bonchev–Trinajstić information content (AvgIpc) is 2.65. The van der Waals surface area contributed by atoms with Crippen LogP contribution >= 0.6 is 0 Å². The van der Waals surface area contributed by atoms with E-state index in [0.29, 0.717) is 18.4 Å². The third kappa shape index (κ3) is 4.88. The second-order valence-electron chi connectivity index (χ2n) is 6.45. The van der Waals surface area contributed by atoms with Gasteiger partial charge in [0.25, 0.3) is 10.1 Å². The summed E-state index contributed by atoms with van der Waals surface area (Å²) in [6.07, 6.45) is 1.20. The van der Waals surface area contributed by atoms with E-state index in [1.807, 2.05) is 30.3 Å². The minimum atomic E-state index is -4.82. The molecule has 0 unspecified atom stereocenters. The van der Waals surface area contributed by atoms with E-state index in [1.54, 1.807) is 6.07 Å². The largest absolute Gasteiger partial charge is 0.295 e. The summed E-state index contributed by atoms with van der Waals surface area (Å²) in [5, 5.41) is 5.17. The molecule has 3 rings (SSSR count). The van der Waals surface area contributed by atoms with Crippen molar-refractivity contribution in [2.75, 3.05) is 0 Å². The molecule has 0 bridgehead atoms. The maximum absolute atomic E-state index is 14.9. The molecular weight excluding hydrogens is 417 g/mol. The van der Waals surface area contributed by atoms with Crippen molar-refractivity contribution in [3.63, 3.8) is 0 Å². The zero-order valence-corrected chi connectivity index (χ0v) is 16.8. The van der Waals surface area contributed by atoms with Crippen molar-refractivity contribution in [1.29, 1.82) is 0 Å². The van der Waals surface area contributed by atoms with E-state index in [2.05, 4.69) is 0 Å². The van der Waals surface area contributed by atoms with Crippen molar-refractivity contribution in [3.05, 3.63) is 83.7 Å². The Hall–Kier alpha value is -2.59. The van der Waals surface area contributed by atoms with Gasteiger partial charge in [-0.15, -0.1) is 0 Å². The maximum atomic E-state index is 14.9. The van der Waals surface area contributed by atoms with Crippen LogP contribution in [0.1, 0.15) is 11.1 Å². The molecule has 3 aromatic carbocycles. The molecule has 29 heavy (non-hydrogen) atoms. The van der Waals surface area contributed by atoms with E-state index >= 15 is 0 Å². The van der Waals surface area contributed by atoms with Crippen LogP contribution in [0.25, 0.3) is 11.1 Å². The Morgan fingerprint density at radius 1 is 0.793 bits per heavy atom. The van der Waals surface area contributed by atoms with Crippen LogP contribution in [0.3, 0.4) is 0 Å². The molecule has 0 aliphatic heterocycles. The highest BCUT2D eigenvalue weighted by atomic mass is 32.2. The number of benzene rings is 3. The van der Waals surface area contributed by atoms with Crippen LogP contribution in [0.15, 0.2) is 76.5 Å². The van der Waals surface area contributed by atoms with Gasteiger partial charge in [-0.05, 0) is 42.2 Å². The van der Waals surface area contributed by atoms with Gasteiger partial charge in [-0.3, -0.25) is 4.55 Å². The van der Waals surface area contributed by atoms with Crippen molar-refractivity contribution >= 4 is 20.1 Å². The minimum Gasteiger partial charge on any atom is -0.282 e. The van der Waals surface area contributed by atoms with Crippen LogP contribution < -0.4 is 5.14 Å². The van der Waals surface area contributed by atoms with Crippen molar-refractivity contribution in [3.8, 4) is 11.1 Å². The van der Waals surface area contributed by atoms with Crippen LogP contribution in [0.5, 0.6) is 0 Å². The molecule has 0 fully saturated rings. The van der Waals surface area contributed by atoms with Crippen molar-refractivity contribution < 1.29 is 25.8 Å². The summed E-state index contributed by atoms with van der Waals surface area (Å²) in [6, 6.07) is 16.8. The highest BCUT2D eigenvalue weighted by Gasteiger charge is 2.26. The standard InChI is InChI=1S/C20H18FNO5S2/c21-17-13-15(10-9-14-5-2-1-3-6-14)11-12-16(17)20-18(28(22,23)24)7-4-8-19(20)29(25,26)27/h1-8,11-13H,9-10H2,(H2,22,23,24)(H,25,26,27). The minimum absolute atomic E-state index is 0.286. The topological polar surface area (TPSA) is 115 Å². The first-order chi connectivity index (χ1) is 13.6. The molecule has 0 amide bonds. The first kappa shape index (κ1) is 21.1. The Morgan fingerprint density at radius 3 is 2.00 bits per heavy atom. The van der Waals surface area contributed by atoms with Gasteiger partial charge in [-0.2, -0.15) is 8.42 Å². The smallest absolute Gasteiger partial charge is 0.282 e. The monoisotopic (exact) mass is 435 g/mol. The molecule has 0 saturated heterocycles. The number of rotatable bonds is 6. The summed E-state index contributed by atoms with van der Waals surface area (Å²) in [5.41, 5.74) is 0.942. The van der Waals surface area contributed by atoms with Gasteiger partial charge in [0.1, 0.15) is 10.7 Å². The number of halogens is 1. The third-order valence-corrected chi connectivity index (χ3v) is 6.27. The predicted octanol–water partition coefficient (Wildman–Crippen LogP) is 3.17. The Morgan fingerprint density at radius 2 is 1.41 bits per heavy atom. The van der Waals surface area contributed by atoms with E-state index in [-0.39, 0.29) is 5.56 Å². The van der Waals surface area contributed by atoms with Gasteiger partial charge in [-0.25, -0.2) is 17.9 Å². The second kappa shape index (κ2) is 8.03. The molecule has 0 saturated carbocycles. The van der Waals surface area contributed by atoms with Gasteiger partial charge in [0.2, 0.25) is 10.0 Å². The highest BCUT2D eigenvalue weighted by Crippen LogP contribution is 2.35. The third-order valence-electron chi connectivity index (χ3n) is 4.42. The second-order valence-corrected chi connectivity index (χ2v) is 9.37. The Kier molecular flexibility index (Phi) is 5.85. The molecule has 0 radical (unpaired) electrons. The molecule has 0 aliphatic rings. The van der Waals surface area contributed by atoms with Crippen LogP contribution in [-0.2, 0) is 33.0 Å². The van der Waals surface area contributed by atoms with Gasteiger partial charge >= 0.3 is 0 Å². The van der Waals surface area contributed by atoms with Crippen molar-refractivity contribution in [2.45, 2.75) is 22.6 Å². The van der Waals surface area contributed by atoms with E-state index in [4.69, 9.17) is 5.14 Å². The summed E-state index contributed by atoms with van der Waals surface area (Å²) in [5.74, 6) is -0.823. The number of primary sulfonamides is 1. The quantitative estimate of drug-likeness (QED) is 0.577. The first-order valence-corrected chi connectivity index (χ1v) is 11.5. The normalized spacial score (nSPS) is 12.1. The average molecular weight is 435 g/mol. The fourth-order valence-electron chi connectivity index (χ4n) is 3.08. The molecule has 9 heteroatoms. The fourth-order valence-corrected chi connectivity index (χ4v) is 4.64. The predicted molar refractivity (Wildman–Crippen MR) is 107 cm³/mol. The molecule has 0 atom stereocenters. The number of hydrogen-bond acceptors (Lipinski definition) is 4. The number of nitrogens with two attached hydrogens (primary N) is 1. The molecule has 0 heterocycles. The van der Waals surface area contributed by atoms with Crippen LogP contribution in [-0.4, -0.2) is 21.4 Å². The summed E-state index contributed by atoms with van der Waals surface area (Å²) in [7, 11) is -9.20. The maximum Gasteiger partial charge on any atom is 0.295 e. The molecule has 0 spiro atoms. The van der Waals surface area contributed by atoms with Gasteiger partial charge in [-0.1, -0.05) is 48.5 Å². The van der Waals surface area contributed by atoms with E-state index in [0.717, 1.165) is 23.8 Å². The van der Waals surface area contributed by atoms with E-state index in [9.17, 15) is 25.8 Å². The molecule has 152 valence electrons. The Labute approximate surface area is 168 Å². The molecule has 0 aliphatic carbocycles. The van der Waals surface area contributed by atoms with Crippen LogP contribution in [0.2, 0.25) is 0 Å². The molecule has 6 nitrogen and oxygen atoms in total. The summed E-state index contributed by atoms with van der Waals surface area (Å²) >= 11 is 0. The van der Waals surface area contributed by atoms with E-state index < -0.39 is 41.3 Å². The number of aryl methyl sites for hydroxylation is 2. The fraction of sp³-hybridized carbons (Fsp3) is 0.100. The van der Waals surface area contributed by atoms with E-state index in [1.165, 1.54) is 12.1 Å². The number of sulfonamides is 1. The SMILES string of the molecule is NS(=O)(=O)c1cccc(S(=O)(=O)O)c1-c1ccc(CCc2ccccc2)cc1F. The molecule has 3 N–H and O–H groups in total. The lowest BCUT2D eigenvalue weighted by Gasteiger charge is -2.14. The zero-order chi connectivity index (χ0) is 21.2. The van der Waals surface area contributed by atoms with Crippen LogP contribution in [0.4, 0.5) is 4.39 Å². The molecular formula is C20H18FNO5S2. The Bertz CT molecular complexity index is 1210. The zero-order valence-electron chi connectivity index (χ0n) is 15.1. The molecule has 0 aromatic heterocycles. The van der Waals surface area contributed by atoms with Gasteiger partial charge in [0.05, 0.1) is 4.90 Å². The summed E-state index contributed by atoms with van der Waals surface area (Å²) in [4.78, 5) is -1.33. The van der Waals surface area contributed by atoms with Crippen LogP contribution in [0, 0.1) is 5.82 Å². The van der Waals surface area contributed by atoms with Gasteiger partial charge in [0.15, 0.2) is 0 Å². The Balaban J connectivity index is 2.07. The lowest BCUT2D eigenvalue weighted by molar-refractivity contribution is 0.483. The summed E-state index contributed by atoms with van der Waals surface area (Å²) < 4.78 is 71.7. The number of hydrogen-bond donors (Lipinski definition) is 2.